The Kier molecular flexibility index (Phi) is 5.26. The van der Waals surface area contributed by atoms with Crippen LogP contribution < -0.4 is 10.6 Å². The molecule has 26 heavy (non-hydrogen) atoms. The fourth-order valence-corrected chi connectivity index (χ4v) is 2.28. The van der Waals surface area contributed by atoms with Gasteiger partial charge in [-0.3, -0.25) is 0 Å². The summed E-state index contributed by atoms with van der Waals surface area (Å²) in [4.78, 5) is 16.3. The summed E-state index contributed by atoms with van der Waals surface area (Å²) in [6.07, 6.45) is 0.850. The topological polar surface area (TPSA) is 80.0 Å². The first kappa shape index (κ1) is 17.6. The molecule has 0 saturated heterocycles. The first-order valence-corrected chi connectivity index (χ1v) is 8.32. The average Bonchev–Trinajstić information content (AvgIpc) is 3.12. The zero-order valence-electron chi connectivity index (χ0n) is 14.5. The van der Waals surface area contributed by atoms with Gasteiger partial charge in [0.2, 0.25) is 5.82 Å². The van der Waals surface area contributed by atoms with Crippen molar-refractivity contribution in [2.75, 3.05) is 5.32 Å². The lowest BCUT2D eigenvalue weighted by Gasteiger charge is -2.12. The summed E-state index contributed by atoms with van der Waals surface area (Å²) in [5.74, 6) is 0.353. The van der Waals surface area contributed by atoms with E-state index in [9.17, 15) is 9.18 Å². The van der Waals surface area contributed by atoms with Gasteiger partial charge in [0.05, 0.1) is 0 Å². The third-order valence-corrected chi connectivity index (χ3v) is 3.89. The highest BCUT2D eigenvalue weighted by Gasteiger charge is 2.12. The lowest BCUT2D eigenvalue weighted by molar-refractivity contribution is 0.249. The number of hydrogen-bond acceptors (Lipinski definition) is 4. The van der Waals surface area contributed by atoms with Crippen molar-refractivity contribution in [2.24, 2.45) is 0 Å². The van der Waals surface area contributed by atoms with Crippen molar-refractivity contribution in [3.63, 3.8) is 0 Å². The van der Waals surface area contributed by atoms with Crippen LogP contribution in [0.3, 0.4) is 0 Å². The van der Waals surface area contributed by atoms with E-state index < -0.39 is 0 Å². The van der Waals surface area contributed by atoms with E-state index in [4.69, 9.17) is 4.52 Å². The number of urea groups is 1. The van der Waals surface area contributed by atoms with E-state index in [2.05, 4.69) is 20.8 Å². The van der Waals surface area contributed by atoms with Crippen LogP contribution in [0.25, 0.3) is 22.8 Å². The molecule has 0 spiro atoms. The van der Waals surface area contributed by atoms with Gasteiger partial charge in [0.25, 0.3) is 5.89 Å². The van der Waals surface area contributed by atoms with Crippen molar-refractivity contribution >= 4 is 11.7 Å². The van der Waals surface area contributed by atoms with Gasteiger partial charge in [-0.2, -0.15) is 4.98 Å². The molecule has 0 bridgehead atoms. The van der Waals surface area contributed by atoms with E-state index in [1.807, 2.05) is 19.9 Å². The Morgan fingerprint density at radius 3 is 2.69 bits per heavy atom. The zero-order valence-corrected chi connectivity index (χ0v) is 14.5. The van der Waals surface area contributed by atoms with Crippen molar-refractivity contribution in [2.45, 2.75) is 26.3 Å². The molecule has 0 aliphatic rings. The monoisotopic (exact) mass is 354 g/mol. The van der Waals surface area contributed by atoms with Crippen molar-refractivity contribution in [1.29, 1.82) is 0 Å². The molecular formula is C19H19FN4O2. The second-order valence-corrected chi connectivity index (χ2v) is 5.92. The van der Waals surface area contributed by atoms with Crippen molar-refractivity contribution in [3.05, 3.63) is 54.3 Å². The number of carbonyl (C=O) groups is 1. The summed E-state index contributed by atoms with van der Waals surface area (Å²) in [7, 11) is 0. The van der Waals surface area contributed by atoms with Crippen molar-refractivity contribution in [3.8, 4) is 22.8 Å². The van der Waals surface area contributed by atoms with Crippen LogP contribution in [0.2, 0.25) is 0 Å². The number of rotatable bonds is 5. The highest BCUT2D eigenvalue weighted by atomic mass is 19.1. The Bertz CT molecular complexity index is 893. The zero-order chi connectivity index (χ0) is 18.5. The average molecular weight is 354 g/mol. The van der Waals surface area contributed by atoms with Crippen LogP contribution in [0.15, 0.2) is 53.1 Å². The molecule has 3 rings (SSSR count). The van der Waals surface area contributed by atoms with Crippen LogP contribution in [0, 0.1) is 5.82 Å². The molecule has 0 fully saturated rings. The van der Waals surface area contributed by atoms with E-state index in [0.717, 1.165) is 6.42 Å². The number of nitrogens with zero attached hydrogens (tertiary/aromatic N) is 2. The highest BCUT2D eigenvalue weighted by Crippen LogP contribution is 2.24. The first-order chi connectivity index (χ1) is 12.5. The van der Waals surface area contributed by atoms with Gasteiger partial charge in [-0.15, -0.1) is 0 Å². The van der Waals surface area contributed by atoms with Gasteiger partial charge in [-0.25, -0.2) is 9.18 Å². The minimum atomic E-state index is -0.331. The number of anilines is 1. The Hall–Kier alpha value is -3.22. The fourth-order valence-electron chi connectivity index (χ4n) is 2.28. The van der Waals surface area contributed by atoms with Crippen molar-refractivity contribution < 1.29 is 13.7 Å². The molecule has 0 saturated carbocycles. The van der Waals surface area contributed by atoms with Crippen LogP contribution in [0.1, 0.15) is 20.3 Å². The molecular weight excluding hydrogens is 335 g/mol. The summed E-state index contributed by atoms with van der Waals surface area (Å²) in [5.41, 5.74) is 1.95. The first-order valence-electron chi connectivity index (χ1n) is 8.32. The van der Waals surface area contributed by atoms with Gasteiger partial charge < -0.3 is 15.2 Å². The van der Waals surface area contributed by atoms with E-state index in [0.29, 0.717) is 28.5 Å². The second kappa shape index (κ2) is 7.77. The Labute approximate surface area is 150 Å². The number of aromatic nitrogens is 2. The SMILES string of the molecule is CCC(C)NC(=O)Nc1cccc(-c2noc(-c3ccc(F)cc3)n2)c1. The van der Waals surface area contributed by atoms with Gasteiger partial charge in [0.1, 0.15) is 5.82 Å². The van der Waals surface area contributed by atoms with Gasteiger partial charge in [-0.05, 0) is 49.7 Å². The van der Waals surface area contributed by atoms with Crippen LogP contribution in [-0.4, -0.2) is 22.2 Å². The number of carbonyl (C=O) groups excluding carboxylic acids is 1. The number of hydrogen-bond donors (Lipinski definition) is 2. The van der Waals surface area contributed by atoms with E-state index >= 15 is 0 Å². The molecule has 1 atom stereocenters. The standard InChI is InChI=1S/C19H19FN4O2/c1-3-12(2)21-19(25)22-16-6-4-5-14(11-16)17-23-18(26-24-17)13-7-9-15(20)10-8-13/h4-12H,3H2,1-2H3,(H2,21,22,25). The largest absolute Gasteiger partial charge is 0.335 e. The molecule has 1 unspecified atom stereocenters. The van der Waals surface area contributed by atoms with Crippen molar-refractivity contribution in [1.82, 2.24) is 15.5 Å². The van der Waals surface area contributed by atoms with E-state index in [-0.39, 0.29) is 17.9 Å². The molecule has 1 aromatic heterocycles. The lowest BCUT2D eigenvalue weighted by atomic mass is 10.2. The maximum absolute atomic E-state index is 13.0. The third kappa shape index (κ3) is 4.24. The van der Waals surface area contributed by atoms with E-state index in [1.165, 1.54) is 12.1 Å². The molecule has 3 aromatic rings. The fraction of sp³-hybridized carbons (Fsp3) is 0.211. The number of nitrogens with one attached hydrogen (secondary N) is 2. The molecule has 0 aliphatic carbocycles. The van der Waals surface area contributed by atoms with Crippen LogP contribution >= 0.6 is 0 Å². The number of halogens is 1. The molecule has 7 heteroatoms. The van der Waals surface area contributed by atoms with Gasteiger partial charge in [0, 0.05) is 22.9 Å². The minimum absolute atomic E-state index is 0.0913. The number of amides is 2. The second-order valence-electron chi connectivity index (χ2n) is 5.92. The van der Waals surface area contributed by atoms with E-state index in [1.54, 1.807) is 30.3 Å². The van der Waals surface area contributed by atoms with Crippen LogP contribution in [0.5, 0.6) is 0 Å². The molecule has 1 heterocycles. The van der Waals surface area contributed by atoms with Crippen LogP contribution in [0.4, 0.5) is 14.9 Å². The summed E-state index contributed by atoms with van der Waals surface area (Å²) < 4.78 is 18.3. The summed E-state index contributed by atoms with van der Waals surface area (Å²) in [6.45, 7) is 3.94. The maximum Gasteiger partial charge on any atom is 0.319 e. The minimum Gasteiger partial charge on any atom is -0.335 e. The Morgan fingerprint density at radius 2 is 1.96 bits per heavy atom. The summed E-state index contributed by atoms with van der Waals surface area (Å²) in [6, 6.07) is 12.8. The normalized spacial score (nSPS) is 11.8. The lowest BCUT2D eigenvalue weighted by Crippen LogP contribution is -2.35. The van der Waals surface area contributed by atoms with Crippen LogP contribution in [-0.2, 0) is 0 Å². The van der Waals surface area contributed by atoms with Gasteiger partial charge in [-0.1, -0.05) is 24.2 Å². The predicted octanol–water partition coefficient (Wildman–Crippen LogP) is 4.46. The smallest absolute Gasteiger partial charge is 0.319 e. The molecule has 6 nitrogen and oxygen atoms in total. The molecule has 2 aromatic carbocycles. The highest BCUT2D eigenvalue weighted by molar-refractivity contribution is 5.90. The quantitative estimate of drug-likeness (QED) is 0.709. The Morgan fingerprint density at radius 1 is 1.19 bits per heavy atom. The maximum atomic E-state index is 13.0. The summed E-state index contributed by atoms with van der Waals surface area (Å²) in [5, 5.41) is 9.58. The molecule has 2 amide bonds. The summed E-state index contributed by atoms with van der Waals surface area (Å²) >= 11 is 0. The van der Waals surface area contributed by atoms with Gasteiger partial charge in [0.15, 0.2) is 0 Å². The Balaban J connectivity index is 1.76. The molecule has 0 aliphatic heterocycles. The number of benzene rings is 2. The van der Waals surface area contributed by atoms with Gasteiger partial charge >= 0.3 is 6.03 Å². The predicted molar refractivity (Wildman–Crippen MR) is 97.0 cm³/mol. The third-order valence-electron chi connectivity index (χ3n) is 3.89. The molecule has 0 radical (unpaired) electrons. The molecule has 134 valence electrons. The molecule has 2 N–H and O–H groups in total.